The third-order valence-corrected chi connectivity index (χ3v) is 5.31. The fraction of sp³-hybridized carbons (Fsp3) is 0.238. The summed E-state index contributed by atoms with van der Waals surface area (Å²) in [7, 11) is 0. The normalized spacial score (nSPS) is 15.7. The first-order valence-electron chi connectivity index (χ1n) is 9.23. The zero-order valence-electron chi connectivity index (χ0n) is 14.8. The van der Waals surface area contributed by atoms with Gasteiger partial charge in [-0.15, -0.1) is 0 Å². The first-order valence-corrected chi connectivity index (χ1v) is 9.23. The Morgan fingerprint density at radius 2 is 1.85 bits per heavy atom. The van der Waals surface area contributed by atoms with E-state index < -0.39 is 0 Å². The van der Waals surface area contributed by atoms with Crippen molar-refractivity contribution in [2.24, 2.45) is 0 Å². The lowest BCUT2D eigenvalue weighted by Crippen LogP contribution is -2.35. The fourth-order valence-electron chi connectivity index (χ4n) is 3.85. The van der Waals surface area contributed by atoms with Crippen LogP contribution in [0.3, 0.4) is 0 Å². The monoisotopic (exact) mass is 360 g/mol. The maximum atomic E-state index is 12.5. The summed E-state index contributed by atoms with van der Waals surface area (Å²) in [5.41, 5.74) is 4.93. The van der Waals surface area contributed by atoms with E-state index in [0.29, 0.717) is 11.4 Å². The number of hydrogen-bond donors (Lipinski definition) is 3. The number of H-pyrrole nitrogens is 2. The average molecular weight is 360 g/mol. The highest BCUT2D eigenvalue weighted by atomic mass is 16.3. The maximum Gasteiger partial charge on any atom is 0.260 e. The minimum Gasteiger partial charge on any atom is -0.393 e. The van der Waals surface area contributed by atoms with E-state index in [4.69, 9.17) is 0 Å². The van der Waals surface area contributed by atoms with Crippen LogP contribution in [0.4, 0.5) is 5.69 Å². The van der Waals surface area contributed by atoms with Gasteiger partial charge in [-0.2, -0.15) is 0 Å². The van der Waals surface area contributed by atoms with Gasteiger partial charge in [0, 0.05) is 30.0 Å². The number of aliphatic hydroxyl groups excluding tert-OH is 1. The van der Waals surface area contributed by atoms with Gasteiger partial charge in [0.1, 0.15) is 5.82 Å². The Morgan fingerprint density at radius 3 is 2.70 bits per heavy atom. The number of imidazole rings is 1. The summed E-state index contributed by atoms with van der Waals surface area (Å²) >= 11 is 0. The van der Waals surface area contributed by atoms with Crippen molar-refractivity contribution in [3.8, 4) is 22.6 Å². The molecule has 2 aromatic rings. The van der Waals surface area contributed by atoms with E-state index in [1.165, 1.54) is 0 Å². The molecule has 0 unspecified atom stereocenters. The van der Waals surface area contributed by atoms with Crippen molar-refractivity contribution in [2.45, 2.75) is 18.9 Å². The first kappa shape index (κ1) is 16.1. The molecule has 6 nitrogen and oxygen atoms in total. The molecule has 0 amide bonds. The summed E-state index contributed by atoms with van der Waals surface area (Å²) in [6.07, 6.45) is 1.39. The van der Waals surface area contributed by atoms with Crippen LogP contribution in [0.25, 0.3) is 33.7 Å². The molecule has 1 saturated heterocycles. The molecule has 5 rings (SSSR count). The van der Waals surface area contributed by atoms with E-state index in [9.17, 15) is 9.90 Å². The van der Waals surface area contributed by atoms with Crippen LogP contribution >= 0.6 is 0 Å². The van der Waals surface area contributed by atoms with Crippen molar-refractivity contribution in [1.29, 1.82) is 0 Å². The minimum absolute atomic E-state index is 0.138. The Bertz CT molecular complexity index is 1140. The molecule has 0 saturated carbocycles. The van der Waals surface area contributed by atoms with Crippen molar-refractivity contribution in [1.82, 2.24) is 15.0 Å². The standard InChI is InChI=1S/C21H20N4O2/c26-14-8-10-25(11-9-14)13-6-7-17-18(12-13)23-20(22-17)19-15-4-2-1-3-5-16(15)24-21(19)27/h1-7,12,14,26H,8-11H2,(H,22,23)(H,24,27). The van der Waals surface area contributed by atoms with Gasteiger partial charge in [0.15, 0.2) is 0 Å². The summed E-state index contributed by atoms with van der Waals surface area (Å²) in [4.78, 5) is 25.7. The Morgan fingerprint density at radius 1 is 1.04 bits per heavy atom. The average Bonchev–Trinajstić information content (AvgIpc) is 3.13. The van der Waals surface area contributed by atoms with Gasteiger partial charge in [-0.25, -0.2) is 4.98 Å². The smallest absolute Gasteiger partial charge is 0.260 e. The highest BCUT2D eigenvalue weighted by Crippen LogP contribution is 2.30. The van der Waals surface area contributed by atoms with Crippen LogP contribution < -0.4 is 10.5 Å². The van der Waals surface area contributed by atoms with Gasteiger partial charge in [-0.3, -0.25) is 4.79 Å². The molecule has 0 atom stereocenters. The zero-order valence-corrected chi connectivity index (χ0v) is 14.8. The number of anilines is 1. The molecule has 27 heavy (non-hydrogen) atoms. The van der Waals surface area contributed by atoms with Crippen LogP contribution in [0.1, 0.15) is 12.8 Å². The number of hydrogen-bond acceptors (Lipinski definition) is 4. The van der Waals surface area contributed by atoms with Gasteiger partial charge >= 0.3 is 0 Å². The molecule has 1 aromatic heterocycles. The molecule has 3 aliphatic rings. The van der Waals surface area contributed by atoms with E-state index in [1.54, 1.807) is 0 Å². The number of aromatic nitrogens is 3. The van der Waals surface area contributed by atoms with E-state index in [1.807, 2.05) is 36.4 Å². The Labute approximate surface area is 155 Å². The lowest BCUT2D eigenvalue weighted by atomic mass is 10.1. The number of piperidine rings is 1. The highest BCUT2D eigenvalue weighted by Gasteiger charge is 2.20. The second-order valence-corrected chi connectivity index (χ2v) is 7.07. The number of fused-ring (bicyclic) bond motifs is 2. The van der Waals surface area contributed by atoms with E-state index in [2.05, 4.69) is 32.0 Å². The maximum absolute atomic E-state index is 12.5. The molecule has 1 aromatic carbocycles. The molecule has 136 valence electrons. The summed E-state index contributed by atoms with van der Waals surface area (Å²) < 4.78 is 0. The van der Waals surface area contributed by atoms with Crippen LogP contribution in [-0.4, -0.2) is 39.3 Å². The molecule has 0 radical (unpaired) electrons. The summed E-state index contributed by atoms with van der Waals surface area (Å²) in [6.45, 7) is 1.69. The molecule has 1 aliphatic carbocycles. The number of rotatable bonds is 2. The van der Waals surface area contributed by atoms with E-state index in [0.717, 1.165) is 53.9 Å². The first-order chi connectivity index (χ1) is 13.2. The van der Waals surface area contributed by atoms with Gasteiger partial charge in [0.25, 0.3) is 5.56 Å². The molecule has 1 fully saturated rings. The SMILES string of the molecule is O=c1[nH]c2cccccc-2c1-c1nc2ccc(N3CCC(O)CC3)cc2[nH]1. The molecular weight excluding hydrogens is 340 g/mol. The van der Waals surface area contributed by atoms with Gasteiger partial charge in [-0.05, 0) is 37.1 Å². The van der Waals surface area contributed by atoms with Crippen molar-refractivity contribution < 1.29 is 5.11 Å². The van der Waals surface area contributed by atoms with Crippen molar-refractivity contribution >= 4 is 16.7 Å². The van der Waals surface area contributed by atoms with Crippen LogP contribution in [-0.2, 0) is 0 Å². The van der Waals surface area contributed by atoms with E-state index >= 15 is 0 Å². The Hall–Kier alpha value is -3.12. The lowest BCUT2D eigenvalue weighted by Gasteiger charge is -2.31. The van der Waals surface area contributed by atoms with Gasteiger partial charge < -0.3 is 20.0 Å². The van der Waals surface area contributed by atoms with Crippen LogP contribution in [0.2, 0.25) is 0 Å². The van der Waals surface area contributed by atoms with Crippen molar-refractivity contribution in [3.63, 3.8) is 0 Å². The van der Waals surface area contributed by atoms with Gasteiger partial charge in [0.05, 0.1) is 22.7 Å². The Balaban J connectivity index is 1.57. The summed E-state index contributed by atoms with van der Waals surface area (Å²) in [5, 5.41) is 9.71. The molecule has 6 heteroatoms. The van der Waals surface area contributed by atoms with Gasteiger partial charge in [0.2, 0.25) is 0 Å². The van der Waals surface area contributed by atoms with Crippen molar-refractivity contribution in [3.05, 3.63) is 58.9 Å². The molecule has 0 spiro atoms. The number of nitrogens with one attached hydrogen (secondary N) is 2. The van der Waals surface area contributed by atoms with Crippen LogP contribution in [0.5, 0.6) is 0 Å². The highest BCUT2D eigenvalue weighted by molar-refractivity contribution is 5.87. The Kier molecular flexibility index (Phi) is 3.72. The lowest BCUT2D eigenvalue weighted by molar-refractivity contribution is 0.145. The van der Waals surface area contributed by atoms with Crippen LogP contribution in [0.15, 0.2) is 53.3 Å². The largest absolute Gasteiger partial charge is 0.393 e. The second kappa shape index (κ2) is 6.25. The molecule has 2 aliphatic heterocycles. The van der Waals surface area contributed by atoms with Gasteiger partial charge in [-0.1, -0.05) is 24.3 Å². The topological polar surface area (TPSA) is 85.0 Å². The third-order valence-electron chi connectivity index (χ3n) is 5.31. The quantitative estimate of drug-likeness (QED) is 0.513. The predicted octanol–water partition coefficient (Wildman–Crippen LogP) is 2.98. The third kappa shape index (κ3) is 2.78. The molecular formula is C21H20N4O2. The van der Waals surface area contributed by atoms with E-state index in [-0.39, 0.29) is 11.7 Å². The molecule has 3 N–H and O–H groups in total. The number of nitrogens with zero attached hydrogens (tertiary/aromatic N) is 2. The number of aromatic amines is 2. The fourth-order valence-corrected chi connectivity index (χ4v) is 3.85. The summed E-state index contributed by atoms with van der Waals surface area (Å²) in [6, 6.07) is 15.7. The summed E-state index contributed by atoms with van der Waals surface area (Å²) in [5.74, 6) is 0.582. The zero-order chi connectivity index (χ0) is 18.4. The number of aliphatic hydroxyl groups is 1. The molecule has 0 bridgehead atoms. The minimum atomic E-state index is -0.192. The second-order valence-electron chi connectivity index (χ2n) is 7.07. The molecule has 3 heterocycles. The van der Waals surface area contributed by atoms with Crippen LogP contribution in [0, 0.1) is 0 Å². The number of benzene rings is 1. The van der Waals surface area contributed by atoms with Crippen molar-refractivity contribution in [2.75, 3.05) is 18.0 Å². The predicted molar refractivity (Wildman–Crippen MR) is 106 cm³/mol.